The summed E-state index contributed by atoms with van der Waals surface area (Å²) in [5.41, 5.74) is 0.866. The van der Waals surface area contributed by atoms with Crippen LogP contribution in [0.3, 0.4) is 0 Å². The quantitative estimate of drug-likeness (QED) is 0.758. The summed E-state index contributed by atoms with van der Waals surface area (Å²) in [6.45, 7) is 3.89. The van der Waals surface area contributed by atoms with Gasteiger partial charge in [0.25, 0.3) is 0 Å². The van der Waals surface area contributed by atoms with Crippen molar-refractivity contribution in [1.29, 1.82) is 5.26 Å². The third kappa shape index (κ3) is 2.88. The highest BCUT2D eigenvalue weighted by atomic mass is 16.5. The van der Waals surface area contributed by atoms with Crippen LogP contribution in [0.25, 0.3) is 0 Å². The molecular weight excluding hydrogens is 190 g/mol. The van der Waals surface area contributed by atoms with Gasteiger partial charge in [-0.3, -0.25) is 0 Å². The van der Waals surface area contributed by atoms with Crippen LogP contribution in [0.15, 0.2) is 18.2 Å². The molecule has 15 heavy (non-hydrogen) atoms. The van der Waals surface area contributed by atoms with E-state index in [9.17, 15) is 0 Å². The van der Waals surface area contributed by atoms with Crippen LogP contribution >= 0.6 is 0 Å². The molecule has 0 fully saturated rings. The second-order valence-electron chi connectivity index (χ2n) is 3.45. The molecule has 0 saturated carbocycles. The molecular formula is C12H15NO2. The zero-order chi connectivity index (χ0) is 11.3. The molecule has 0 bridgehead atoms. The topological polar surface area (TPSA) is 42.2 Å². The Kier molecular flexibility index (Phi) is 3.99. The Morgan fingerprint density at radius 3 is 2.67 bits per heavy atom. The molecule has 0 saturated heterocycles. The van der Waals surface area contributed by atoms with Gasteiger partial charge < -0.3 is 9.47 Å². The fourth-order valence-corrected chi connectivity index (χ4v) is 1.32. The lowest BCUT2D eigenvalue weighted by Gasteiger charge is -2.16. The van der Waals surface area contributed by atoms with Crippen LogP contribution < -0.4 is 9.47 Å². The standard InChI is InChI=1S/C12H15NO2/c1-9(2)15-12-10(7-8-13)5-4-6-11(12)14-3/h4-6,9H,7H2,1-3H3. The number of nitrogens with zero attached hydrogens (tertiary/aromatic N) is 1. The smallest absolute Gasteiger partial charge is 0.165 e. The van der Waals surface area contributed by atoms with E-state index >= 15 is 0 Å². The molecule has 0 aliphatic rings. The van der Waals surface area contributed by atoms with Crippen molar-refractivity contribution in [3.63, 3.8) is 0 Å². The highest BCUT2D eigenvalue weighted by Crippen LogP contribution is 2.32. The van der Waals surface area contributed by atoms with E-state index in [0.29, 0.717) is 17.9 Å². The first-order valence-corrected chi connectivity index (χ1v) is 4.88. The predicted octanol–water partition coefficient (Wildman–Crippen LogP) is 2.55. The summed E-state index contributed by atoms with van der Waals surface area (Å²) >= 11 is 0. The second-order valence-corrected chi connectivity index (χ2v) is 3.45. The number of nitriles is 1. The van der Waals surface area contributed by atoms with Crippen molar-refractivity contribution in [2.75, 3.05) is 7.11 Å². The third-order valence-corrected chi connectivity index (χ3v) is 1.90. The van der Waals surface area contributed by atoms with Gasteiger partial charge in [-0.15, -0.1) is 0 Å². The lowest BCUT2D eigenvalue weighted by atomic mass is 10.1. The normalized spacial score (nSPS) is 9.80. The van der Waals surface area contributed by atoms with Crippen LogP contribution in [0.2, 0.25) is 0 Å². The lowest BCUT2D eigenvalue weighted by molar-refractivity contribution is 0.228. The van der Waals surface area contributed by atoms with Crippen molar-refractivity contribution >= 4 is 0 Å². The van der Waals surface area contributed by atoms with Gasteiger partial charge in [-0.25, -0.2) is 0 Å². The van der Waals surface area contributed by atoms with Crippen molar-refractivity contribution < 1.29 is 9.47 Å². The minimum absolute atomic E-state index is 0.0683. The van der Waals surface area contributed by atoms with Crippen LogP contribution in [0.4, 0.5) is 0 Å². The number of benzene rings is 1. The van der Waals surface area contributed by atoms with Gasteiger partial charge in [0.15, 0.2) is 11.5 Å². The van der Waals surface area contributed by atoms with E-state index < -0.39 is 0 Å². The lowest BCUT2D eigenvalue weighted by Crippen LogP contribution is -2.08. The largest absolute Gasteiger partial charge is 0.493 e. The fourth-order valence-electron chi connectivity index (χ4n) is 1.32. The Hall–Kier alpha value is -1.69. The summed E-state index contributed by atoms with van der Waals surface area (Å²) in [5, 5.41) is 8.70. The maximum absolute atomic E-state index is 8.70. The van der Waals surface area contributed by atoms with E-state index in [4.69, 9.17) is 14.7 Å². The first-order valence-electron chi connectivity index (χ1n) is 4.88. The molecule has 0 aliphatic heterocycles. The van der Waals surface area contributed by atoms with Crippen molar-refractivity contribution in [3.05, 3.63) is 23.8 Å². The minimum atomic E-state index is 0.0683. The van der Waals surface area contributed by atoms with E-state index in [-0.39, 0.29) is 6.10 Å². The number of methoxy groups -OCH3 is 1. The molecule has 0 aliphatic carbocycles. The predicted molar refractivity (Wildman–Crippen MR) is 58.1 cm³/mol. The molecule has 0 atom stereocenters. The monoisotopic (exact) mass is 205 g/mol. The van der Waals surface area contributed by atoms with Gasteiger partial charge >= 0.3 is 0 Å². The van der Waals surface area contributed by atoms with E-state index in [1.165, 1.54) is 0 Å². The molecule has 1 aromatic rings. The summed E-state index contributed by atoms with van der Waals surface area (Å²) in [5.74, 6) is 1.35. The van der Waals surface area contributed by atoms with Crippen LogP contribution in [0, 0.1) is 11.3 Å². The summed E-state index contributed by atoms with van der Waals surface area (Å²) in [4.78, 5) is 0. The van der Waals surface area contributed by atoms with E-state index in [0.717, 1.165) is 5.56 Å². The number of hydrogen-bond donors (Lipinski definition) is 0. The molecule has 3 heteroatoms. The molecule has 0 N–H and O–H groups in total. The van der Waals surface area contributed by atoms with Gasteiger partial charge in [-0.1, -0.05) is 12.1 Å². The van der Waals surface area contributed by atoms with E-state index in [1.807, 2.05) is 32.0 Å². The van der Waals surface area contributed by atoms with Gasteiger partial charge in [0.05, 0.1) is 25.7 Å². The van der Waals surface area contributed by atoms with Crippen molar-refractivity contribution in [3.8, 4) is 17.6 Å². The first kappa shape index (κ1) is 11.4. The summed E-state index contributed by atoms with van der Waals surface area (Å²) in [7, 11) is 1.60. The number of hydrogen-bond acceptors (Lipinski definition) is 3. The Labute approximate surface area is 90.2 Å². The van der Waals surface area contributed by atoms with Gasteiger partial charge in [-0.2, -0.15) is 5.26 Å². The van der Waals surface area contributed by atoms with Gasteiger partial charge in [-0.05, 0) is 19.9 Å². The number of para-hydroxylation sites is 1. The van der Waals surface area contributed by atoms with Gasteiger partial charge in [0.1, 0.15) is 0 Å². The Balaban J connectivity index is 3.09. The van der Waals surface area contributed by atoms with Crippen LogP contribution in [-0.2, 0) is 6.42 Å². The van der Waals surface area contributed by atoms with Crippen LogP contribution in [-0.4, -0.2) is 13.2 Å². The maximum atomic E-state index is 8.70. The molecule has 0 aromatic heterocycles. The molecule has 0 heterocycles. The summed E-state index contributed by atoms with van der Waals surface area (Å²) in [6.07, 6.45) is 0.401. The van der Waals surface area contributed by atoms with Crippen molar-refractivity contribution in [2.45, 2.75) is 26.4 Å². The Bertz CT molecular complexity index is 366. The molecule has 1 aromatic carbocycles. The molecule has 80 valence electrons. The molecule has 0 unspecified atom stereocenters. The maximum Gasteiger partial charge on any atom is 0.165 e. The molecule has 1 rings (SSSR count). The SMILES string of the molecule is COc1cccc(CC#N)c1OC(C)C. The first-order chi connectivity index (χ1) is 7.19. The average molecular weight is 205 g/mol. The average Bonchev–Trinajstić information content (AvgIpc) is 2.20. The summed E-state index contributed by atoms with van der Waals surface area (Å²) < 4.78 is 10.8. The summed E-state index contributed by atoms with van der Waals surface area (Å²) in [6, 6.07) is 7.68. The zero-order valence-corrected chi connectivity index (χ0v) is 9.28. The molecule has 0 radical (unpaired) electrons. The molecule has 0 spiro atoms. The number of ether oxygens (including phenoxy) is 2. The van der Waals surface area contributed by atoms with E-state index in [2.05, 4.69) is 6.07 Å². The fraction of sp³-hybridized carbons (Fsp3) is 0.417. The van der Waals surface area contributed by atoms with Gasteiger partial charge in [0, 0.05) is 5.56 Å². The Morgan fingerprint density at radius 2 is 2.13 bits per heavy atom. The van der Waals surface area contributed by atoms with Crippen LogP contribution in [0.5, 0.6) is 11.5 Å². The zero-order valence-electron chi connectivity index (χ0n) is 9.28. The third-order valence-electron chi connectivity index (χ3n) is 1.90. The highest BCUT2D eigenvalue weighted by molar-refractivity contribution is 5.47. The minimum Gasteiger partial charge on any atom is -0.493 e. The van der Waals surface area contributed by atoms with Crippen molar-refractivity contribution in [1.82, 2.24) is 0 Å². The van der Waals surface area contributed by atoms with E-state index in [1.54, 1.807) is 7.11 Å². The highest BCUT2D eigenvalue weighted by Gasteiger charge is 2.11. The van der Waals surface area contributed by atoms with Gasteiger partial charge in [0.2, 0.25) is 0 Å². The number of rotatable bonds is 4. The van der Waals surface area contributed by atoms with Crippen molar-refractivity contribution in [2.24, 2.45) is 0 Å². The molecule has 0 amide bonds. The Morgan fingerprint density at radius 1 is 1.40 bits per heavy atom. The van der Waals surface area contributed by atoms with Crippen LogP contribution in [0.1, 0.15) is 19.4 Å². The molecule has 3 nitrogen and oxygen atoms in total. The second kappa shape index (κ2) is 5.26.